The first-order valence-corrected chi connectivity index (χ1v) is 8.70. The molecule has 24 heavy (non-hydrogen) atoms. The zero-order valence-electron chi connectivity index (χ0n) is 14.7. The minimum Gasteiger partial charge on any atom is -0.497 e. The van der Waals surface area contributed by atoms with Crippen LogP contribution in [0, 0.1) is 0 Å². The van der Waals surface area contributed by atoms with Gasteiger partial charge < -0.3 is 19.7 Å². The number of nitrogens with one attached hydrogen (secondary N) is 1. The molecule has 3 rings (SSSR count). The number of benzene rings is 1. The van der Waals surface area contributed by atoms with E-state index >= 15 is 0 Å². The third kappa shape index (κ3) is 4.19. The SMILES string of the molecule is CN=C(NCc1ccc(OC)cc1)N1CCC(N2CCOCC2)C1. The van der Waals surface area contributed by atoms with Crippen molar-refractivity contribution in [2.45, 2.75) is 19.0 Å². The van der Waals surface area contributed by atoms with Crippen LogP contribution >= 0.6 is 0 Å². The minimum atomic E-state index is 0.619. The van der Waals surface area contributed by atoms with E-state index in [-0.39, 0.29) is 0 Å². The average Bonchev–Trinajstić information content (AvgIpc) is 3.13. The highest BCUT2D eigenvalue weighted by Crippen LogP contribution is 2.17. The van der Waals surface area contributed by atoms with Crippen LogP contribution in [0.1, 0.15) is 12.0 Å². The van der Waals surface area contributed by atoms with Gasteiger partial charge in [-0.15, -0.1) is 0 Å². The van der Waals surface area contributed by atoms with Gasteiger partial charge in [-0.2, -0.15) is 0 Å². The maximum atomic E-state index is 5.46. The molecule has 0 spiro atoms. The van der Waals surface area contributed by atoms with E-state index < -0.39 is 0 Å². The van der Waals surface area contributed by atoms with E-state index in [1.165, 1.54) is 12.0 Å². The van der Waals surface area contributed by atoms with Crippen molar-refractivity contribution < 1.29 is 9.47 Å². The van der Waals surface area contributed by atoms with Gasteiger partial charge in [0.05, 0.1) is 20.3 Å². The van der Waals surface area contributed by atoms with Gasteiger partial charge in [-0.1, -0.05) is 12.1 Å². The molecule has 0 radical (unpaired) electrons. The largest absolute Gasteiger partial charge is 0.497 e. The molecule has 6 nitrogen and oxygen atoms in total. The summed E-state index contributed by atoms with van der Waals surface area (Å²) in [6.45, 7) is 6.71. The zero-order valence-corrected chi connectivity index (χ0v) is 14.7. The predicted molar refractivity (Wildman–Crippen MR) is 95.6 cm³/mol. The normalized spacial score (nSPS) is 22.7. The van der Waals surface area contributed by atoms with Gasteiger partial charge in [-0.05, 0) is 24.1 Å². The summed E-state index contributed by atoms with van der Waals surface area (Å²) in [5.41, 5.74) is 1.22. The highest BCUT2D eigenvalue weighted by molar-refractivity contribution is 5.80. The maximum absolute atomic E-state index is 5.46. The molecule has 1 aromatic rings. The Morgan fingerprint density at radius 3 is 2.67 bits per heavy atom. The molecule has 0 aromatic heterocycles. The van der Waals surface area contributed by atoms with Crippen LogP contribution in [0.15, 0.2) is 29.3 Å². The molecular weight excluding hydrogens is 304 g/mol. The number of guanidine groups is 1. The molecule has 0 saturated carbocycles. The average molecular weight is 332 g/mol. The Hall–Kier alpha value is -1.79. The Bertz CT molecular complexity index is 540. The molecule has 0 aliphatic carbocycles. The van der Waals surface area contributed by atoms with Crippen molar-refractivity contribution in [3.05, 3.63) is 29.8 Å². The van der Waals surface area contributed by atoms with E-state index in [0.29, 0.717) is 6.04 Å². The maximum Gasteiger partial charge on any atom is 0.193 e. The lowest BCUT2D eigenvalue weighted by atomic mass is 10.2. The van der Waals surface area contributed by atoms with Crippen LogP contribution in [0.4, 0.5) is 0 Å². The van der Waals surface area contributed by atoms with Crippen LogP contribution in [0.5, 0.6) is 5.75 Å². The van der Waals surface area contributed by atoms with Gasteiger partial charge in [0.1, 0.15) is 5.75 Å². The molecule has 6 heteroatoms. The molecule has 2 fully saturated rings. The number of hydrogen-bond acceptors (Lipinski definition) is 4. The molecule has 2 heterocycles. The zero-order chi connectivity index (χ0) is 16.8. The first-order valence-electron chi connectivity index (χ1n) is 8.70. The molecule has 132 valence electrons. The fraction of sp³-hybridized carbons (Fsp3) is 0.611. The number of nitrogens with zero attached hydrogens (tertiary/aromatic N) is 3. The fourth-order valence-electron chi connectivity index (χ4n) is 3.43. The summed E-state index contributed by atoms with van der Waals surface area (Å²) in [5.74, 6) is 1.87. The van der Waals surface area contributed by atoms with Gasteiger partial charge in [0.2, 0.25) is 0 Å². The van der Waals surface area contributed by atoms with Gasteiger partial charge >= 0.3 is 0 Å². The Labute approximate surface area is 144 Å². The summed E-state index contributed by atoms with van der Waals surface area (Å²) in [6, 6.07) is 8.77. The Kier molecular flexibility index (Phi) is 5.93. The van der Waals surface area contributed by atoms with E-state index in [9.17, 15) is 0 Å². The summed E-state index contributed by atoms with van der Waals surface area (Å²) < 4.78 is 10.7. The van der Waals surface area contributed by atoms with Crippen molar-refractivity contribution in [1.82, 2.24) is 15.1 Å². The van der Waals surface area contributed by atoms with Crippen LogP contribution in [0.25, 0.3) is 0 Å². The number of hydrogen-bond donors (Lipinski definition) is 1. The number of methoxy groups -OCH3 is 1. The lowest BCUT2D eigenvalue weighted by molar-refractivity contribution is 0.0195. The number of morpholine rings is 1. The molecular formula is C18H28N4O2. The first kappa shape index (κ1) is 17.0. The first-order chi connectivity index (χ1) is 11.8. The number of aliphatic imine (C=N–C) groups is 1. The fourth-order valence-corrected chi connectivity index (χ4v) is 3.43. The summed E-state index contributed by atoms with van der Waals surface area (Å²) in [5, 5.41) is 3.48. The highest BCUT2D eigenvalue weighted by atomic mass is 16.5. The quantitative estimate of drug-likeness (QED) is 0.663. The van der Waals surface area contributed by atoms with Crippen molar-refractivity contribution in [2.75, 3.05) is 53.6 Å². The Morgan fingerprint density at radius 2 is 2.00 bits per heavy atom. The van der Waals surface area contributed by atoms with E-state index in [1.807, 2.05) is 19.2 Å². The van der Waals surface area contributed by atoms with Crippen molar-refractivity contribution >= 4 is 5.96 Å². The second-order valence-corrected chi connectivity index (χ2v) is 6.29. The molecule has 2 saturated heterocycles. The summed E-state index contributed by atoms with van der Waals surface area (Å²) >= 11 is 0. The van der Waals surface area contributed by atoms with Gasteiger partial charge in [-0.25, -0.2) is 0 Å². The van der Waals surface area contributed by atoms with E-state index in [4.69, 9.17) is 9.47 Å². The van der Waals surface area contributed by atoms with E-state index in [0.717, 1.165) is 57.6 Å². The van der Waals surface area contributed by atoms with Gasteiger partial charge in [0, 0.05) is 45.8 Å². The van der Waals surface area contributed by atoms with E-state index in [1.54, 1.807) is 7.11 Å². The van der Waals surface area contributed by atoms with E-state index in [2.05, 4.69) is 32.2 Å². The van der Waals surface area contributed by atoms with Crippen LogP contribution < -0.4 is 10.1 Å². The summed E-state index contributed by atoms with van der Waals surface area (Å²) in [6.07, 6.45) is 1.20. The predicted octanol–water partition coefficient (Wildman–Crippen LogP) is 1.18. The van der Waals surface area contributed by atoms with Crippen LogP contribution in [0.3, 0.4) is 0 Å². The summed E-state index contributed by atoms with van der Waals surface area (Å²) in [7, 11) is 3.55. The second-order valence-electron chi connectivity index (χ2n) is 6.29. The van der Waals surface area contributed by atoms with Crippen molar-refractivity contribution in [2.24, 2.45) is 4.99 Å². The molecule has 2 aliphatic rings. The Morgan fingerprint density at radius 1 is 1.25 bits per heavy atom. The minimum absolute atomic E-state index is 0.619. The lowest BCUT2D eigenvalue weighted by Gasteiger charge is -2.32. The van der Waals surface area contributed by atoms with Crippen LogP contribution in [0.2, 0.25) is 0 Å². The highest BCUT2D eigenvalue weighted by Gasteiger charge is 2.30. The molecule has 1 aromatic carbocycles. The second kappa shape index (κ2) is 8.35. The molecule has 1 N–H and O–H groups in total. The third-order valence-corrected chi connectivity index (χ3v) is 4.85. The molecule has 0 bridgehead atoms. The van der Waals surface area contributed by atoms with Gasteiger partial charge in [0.15, 0.2) is 5.96 Å². The molecule has 2 aliphatic heterocycles. The van der Waals surface area contributed by atoms with Gasteiger partial charge in [-0.3, -0.25) is 9.89 Å². The Balaban J connectivity index is 1.50. The topological polar surface area (TPSA) is 49.3 Å². The van der Waals surface area contributed by atoms with Crippen molar-refractivity contribution in [3.63, 3.8) is 0 Å². The molecule has 1 unspecified atom stereocenters. The molecule has 0 amide bonds. The lowest BCUT2D eigenvalue weighted by Crippen LogP contribution is -2.46. The van der Waals surface area contributed by atoms with Crippen molar-refractivity contribution in [3.8, 4) is 5.75 Å². The number of ether oxygens (including phenoxy) is 2. The van der Waals surface area contributed by atoms with Crippen LogP contribution in [-0.2, 0) is 11.3 Å². The smallest absolute Gasteiger partial charge is 0.193 e. The standard InChI is InChI=1S/C18H28N4O2/c1-19-18(20-13-15-3-5-17(23-2)6-4-15)22-8-7-16(14-22)21-9-11-24-12-10-21/h3-6,16H,7-14H2,1-2H3,(H,19,20). The monoisotopic (exact) mass is 332 g/mol. The number of likely N-dealkylation sites (tertiary alicyclic amines) is 1. The molecule has 1 atom stereocenters. The van der Waals surface area contributed by atoms with Gasteiger partial charge in [0.25, 0.3) is 0 Å². The summed E-state index contributed by atoms with van der Waals surface area (Å²) in [4.78, 5) is 9.38. The third-order valence-electron chi connectivity index (χ3n) is 4.85. The van der Waals surface area contributed by atoms with Crippen LogP contribution in [-0.4, -0.2) is 75.4 Å². The van der Waals surface area contributed by atoms with Crippen molar-refractivity contribution in [1.29, 1.82) is 0 Å². The number of rotatable bonds is 4.